The lowest BCUT2D eigenvalue weighted by molar-refractivity contribution is -0.122. The number of barbiturate groups is 1. The Balaban J connectivity index is 1.56. The van der Waals surface area contributed by atoms with E-state index in [1.807, 2.05) is 12.1 Å². The molecule has 0 saturated carbocycles. The highest BCUT2D eigenvalue weighted by molar-refractivity contribution is 6.39. The highest BCUT2D eigenvalue weighted by Crippen LogP contribution is 2.29. The van der Waals surface area contributed by atoms with Crippen molar-refractivity contribution in [3.05, 3.63) is 88.5 Å². The van der Waals surface area contributed by atoms with Crippen molar-refractivity contribution in [2.45, 2.75) is 6.61 Å². The Morgan fingerprint density at radius 2 is 1.68 bits per heavy atom. The molecule has 0 aliphatic carbocycles. The number of urea groups is 1. The van der Waals surface area contributed by atoms with Crippen LogP contribution in [-0.4, -0.2) is 31.6 Å². The molecule has 0 unspecified atom stereocenters. The number of carbonyl (C=O) groups excluding carboxylic acids is 3. The Hall–Kier alpha value is -4.74. The second kappa shape index (κ2) is 11.3. The van der Waals surface area contributed by atoms with Gasteiger partial charge in [-0.15, -0.1) is 6.42 Å². The molecule has 1 aliphatic heterocycles. The van der Waals surface area contributed by atoms with Gasteiger partial charge in [-0.25, -0.2) is 9.69 Å². The zero-order chi connectivity index (χ0) is 26.4. The fraction of sp³-hybridized carbons (Fsp3) is 0.107. The van der Waals surface area contributed by atoms with E-state index in [1.54, 1.807) is 54.6 Å². The van der Waals surface area contributed by atoms with E-state index in [9.17, 15) is 14.4 Å². The summed E-state index contributed by atoms with van der Waals surface area (Å²) < 4.78 is 16.5. The molecule has 9 heteroatoms. The van der Waals surface area contributed by atoms with E-state index >= 15 is 0 Å². The summed E-state index contributed by atoms with van der Waals surface area (Å²) in [6.07, 6.45) is 6.63. The molecule has 8 nitrogen and oxygen atoms in total. The summed E-state index contributed by atoms with van der Waals surface area (Å²) in [6, 6.07) is 17.6. The van der Waals surface area contributed by atoms with E-state index in [0.29, 0.717) is 34.4 Å². The number of carbonyl (C=O) groups is 3. The van der Waals surface area contributed by atoms with Crippen LogP contribution in [0, 0.1) is 12.3 Å². The SMILES string of the molecule is C#CCOc1cc(OC)ccc1/C=C1\C(=O)NC(=O)N(c2ccc(OCc3ccc(Cl)cc3)cc2)C1=O. The topological polar surface area (TPSA) is 94.2 Å². The maximum Gasteiger partial charge on any atom is 0.335 e. The number of anilines is 1. The van der Waals surface area contributed by atoms with E-state index in [0.717, 1.165) is 10.5 Å². The average Bonchev–Trinajstić information content (AvgIpc) is 2.90. The minimum Gasteiger partial charge on any atom is -0.497 e. The second-order valence-corrected chi connectivity index (χ2v) is 8.20. The quantitative estimate of drug-likeness (QED) is 0.267. The molecule has 0 bridgehead atoms. The minimum absolute atomic E-state index is 0.0272. The van der Waals surface area contributed by atoms with Crippen LogP contribution in [0.25, 0.3) is 6.08 Å². The number of imide groups is 2. The van der Waals surface area contributed by atoms with Crippen LogP contribution in [0.4, 0.5) is 10.5 Å². The maximum atomic E-state index is 13.3. The first-order valence-electron chi connectivity index (χ1n) is 11.0. The average molecular weight is 517 g/mol. The van der Waals surface area contributed by atoms with Crippen LogP contribution in [0.1, 0.15) is 11.1 Å². The largest absolute Gasteiger partial charge is 0.497 e. The van der Waals surface area contributed by atoms with Crippen LogP contribution in [0.2, 0.25) is 5.02 Å². The van der Waals surface area contributed by atoms with Gasteiger partial charge in [0.2, 0.25) is 0 Å². The number of nitrogens with one attached hydrogen (secondary N) is 1. The monoisotopic (exact) mass is 516 g/mol. The fourth-order valence-electron chi connectivity index (χ4n) is 3.49. The molecule has 0 atom stereocenters. The van der Waals surface area contributed by atoms with E-state index in [1.165, 1.54) is 13.2 Å². The molecule has 1 aliphatic rings. The van der Waals surface area contributed by atoms with Gasteiger partial charge in [-0.1, -0.05) is 29.7 Å². The number of nitrogens with zero attached hydrogens (tertiary/aromatic N) is 1. The minimum atomic E-state index is -0.861. The number of rotatable bonds is 8. The fourth-order valence-corrected chi connectivity index (χ4v) is 3.62. The first kappa shape index (κ1) is 25.4. The predicted molar refractivity (Wildman–Crippen MR) is 139 cm³/mol. The van der Waals surface area contributed by atoms with Crippen molar-refractivity contribution in [1.29, 1.82) is 0 Å². The highest BCUT2D eigenvalue weighted by atomic mass is 35.5. The van der Waals surface area contributed by atoms with Gasteiger partial charge in [-0.05, 0) is 60.2 Å². The molecule has 1 N–H and O–H groups in total. The summed E-state index contributed by atoms with van der Waals surface area (Å²) in [5.74, 6) is 2.10. The summed E-state index contributed by atoms with van der Waals surface area (Å²) in [6.45, 7) is 0.285. The molecule has 186 valence electrons. The van der Waals surface area contributed by atoms with Gasteiger partial charge in [-0.2, -0.15) is 0 Å². The van der Waals surface area contributed by atoms with Crippen molar-refractivity contribution >= 4 is 41.2 Å². The second-order valence-electron chi connectivity index (χ2n) is 7.76. The van der Waals surface area contributed by atoms with Gasteiger partial charge in [0.05, 0.1) is 12.8 Å². The van der Waals surface area contributed by atoms with Crippen molar-refractivity contribution in [1.82, 2.24) is 5.32 Å². The lowest BCUT2D eigenvalue weighted by Crippen LogP contribution is -2.54. The first-order chi connectivity index (χ1) is 17.9. The molecule has 3 aromatic carbocycles. The zero-order valence-corrected chi connectivity index (χ0v) is 20.5. The van der Waals surface area contributed by atoms with Gasteiger partial charge in [0.1, 0.15) is 36.0 Å². The first-order valence-corrected chi connectivity index (χ1v) is 11.4. The maximum absolute atomic E-state index is 13.3. The van der Waals surface area contributed by atoms with E-state index in [2.05, 4.69) is 11.2 Å². The van der Waals surface area contributed by atoms with Crippen molar-refractivity contribution in [2.24, 2.45) is 0 Å². The molecule has 1 saturated heterocycles. The Morgan fingerprint density at radius 1 is 0.973 bits per heavy atom. The lowest BCUT2D eigenvalue weighted by Gasteiger charge is -2.26. The number of methoxy groups -OCH3 is 1. The van der Waals surface area contributed by atoms with E-state index in [-0.39, 0.29) is 17.9 Å². The van der Waals surface area contributed by atoms with Crippen LogP contribution >= 0.6 is 11.6 Å². The van der Waals surface area contributed by atoms with Crippen LogP contribution in [0.5, 0.6) is 17.2 Å². The van der Waals surface area contributed by atoms with Gasteiger partial charge in [0.25, 0.3) is 11.8 Å². The van der Waals surface area contributed by atoms with Crippen LogP contribution in [0.15, 0.2) is 72.3 Å². The summed E-state index contributed by atoms with van der Waals surface area (Å²) in [4.78, 5) is 39.3. The summed E-state index contributed by atoms with van der Waals surface area (Å²) >= 11 is 5.90. The molecule has 4 rings (SSSR count). The molecule has 0 radical (unpaired) electrons. The third-order valence-corrected chi connectivity index (χ3v) is 5.60. The lowest BCUT2D eigenvalue weighted by atomic mass is 10.1. The van der Waals surface area contributed by atoms with Gasteiger partial charge < -0.3 is 14.2 Å². The van der Waals surface area contributed by atoms with Gasteiger partial charge in [-0.3, -0.25) is 14.9 Å². The van der Waals surface area contributed by atoms with Crippen molar-refractivity contribution < 1.29 is 28.6 Å². The van der Waals surface area contributed by atoms with E-state index in [4.69, 9.17) is 32.2 Å². The number of hydrogen-bond donors (Lipinski definition) is 1. The van der Waals surface area contributed by atoms with Crippen molar-refractivity contribution in [2.75, 3.05) is 18.6 Å². The number of ether oxygens (including phenoxy) is 3. The number of amides is 4. The van der Waals surface area contributed by atoms with Crippen molar-refractivity contribution in [3.8, 4) is 29.6 Å². The smallest absolute Gasteiger partial charge is 0.335 e. The van der Waals surface area contributed by atoms with Crippen LogP contribution in [-0.2, 0) is 16.2 Å². The molecule has 3 aromatic rings. The summed E-state index contributed by atoms with van der Waals surface area (Å²) in [7, 11) is 1.49. The number of hydrogen-bond acceptors (Lipinski definition) is 6. The Labute approximate surface area is 218 Å². The standard InChI is InChI=1S/C28H21ClN2O6/c1-3-14-36-25-16-23(35-2)11-6-19(25)15-24-26(32)30-28(34)31(27(24)33)21-9-12-22(13-10-21)37-17-18-4-7-20(29)8-5-18/h1,4-13,15-16H,14,17H2,2H3,(H,30,32,34)/b24-15+. The van der Waals surface area contributed by atoms with Gasteiger partial charge in [0.15, 0.2) is 0 Å². The normalized spacial score (nSPS) is 14.2. The third-order valence-electron chi connectivity index (χ3n) is 5.35. The Kier molecular flexibility index (Phi) is 7.77. The molecule has 0 aromatic heterocycles. The summed E-state index contributed by atoms with van der Waals surface area (Å²) in [5, 5.41) is 2.83. The predicted octanol–water partition coefficient (Wildman–Crippen LogP) is 4.61. The molecular formula is C28H21ClN2O6. The molecule has 4 amide bonds. The molecule has 37 heavy (non-hydrogen) atoms. The molecule has 1 fully saturated rings. The van der Waals surface area contributed by atoms with Gasteiger partial charge in [0, 0.05) is 16.7 Å². The molecular weight excluding hydrogens is 496 g/mol. The Morgan fingerprint density at radius 3 is 2.35 bits per heavy atom. The van der Waals surface area contributed by atoms with Gasteiger partial charge >= 0.3 is 6.03 Å². The van der Waals surface area contributed by atoms with Crippen LogP contribution < -0.4 is 24.4 Å². The number of terminal acetylenes is 1. The Bertz CT molecular complexity index is 1410. The van der Waals surface area contributed by atoms with E-state index < -0.39 is 17.8 Å². The van der Waals surface area contributed by atoms with Crippen LogP contribution in [0.3, 0.4) is 0 Å². The van der Waals surface area contributed by atoms with Crippen molar-refractivity contribution in [3.63, 3.8) is 0 Å². The molecule has 1 heterocycles. The third kappa shape index (κ3) is 5.92. The number of benzene rings is 3. The highest BCUT2D eigenvalue weighted by Gasteiger charge is 2.37. The molecule has 0 spiro atoms. The zero-order valence-electron chi connectivity index (χ0n) is 19.7. The summed E-state index contributed by atoms with van der Waals surface area (Å²) in [5.41, 5.74) is 1.35. The number of halogens is 1.